The molecule has 0 aliphatic carbocycles. The molecule has 0 fully saturated rings. The molecular weight excluding hydrogens is 402 g/mol. The van der Waals surface area contributed by atoms with E-state index < -0.39 is 14.5 Å². The molecule has 0 saturated carbocycles. The van der Waals surface area contributed by atoms with Crippen molar-refractivity contribution in [2.45, 2.75) is 19.8 Å². The van der Waals surface area contributed by atoms with Gasteiger partial charge in [0.2, 0.25) is 7.37 Å². The smallest absolute Gasteiger partial charge is 0.243 e. The van der Waals surface area contributed by atoms with Crippen LogP contribution >= 0.6 is 14.5 Å². The van der Waals surface area contributed by atoms with Gasteiger partial charge >= 0.3 is 0 Å². The van der Waals surface area contributed by atoms with Crippen molar-refractivity contribution in [2.75, 3.05) is 12.5 Å². The summed E-state index contributed by atoms with van der Waals surface area (Å²) in [5.41, 5.74) is 0. The van der Waals surface area contributed by atoms with E-state index >= 15 is 0 Å². The standard InChI is InChI=1S/C23H26O4P2/c1-2-3-18-27-29(26,23-17-11-10-16-22(23)24)19-28(25,20-12-6-4-7-13-20)21-14-8-5-9-15-21/h4-17,24H,2-3,18-19H2,1H3/t29-/m0/s1. The van der Waals surface area contributed by atoms with E-state index in [4.69, 9.17) is 4.52 Å². The van der Waals surface area contributed by atoms with Crippen LogP contribution in [0.4, 0.5) is 0 Å². The minimum atomic E-state index is -3.60. The van der Waals surface area contributed by atoms with Crippen molar-refractivity contribution in [2.24, 2.45) is 0 Å². The van der Waals surface area contributed by atoms with Gasteiger partial charge in [-0.1, -0.05) is 86.1 Å². The number of hydrogen-bond donors (Lipinski definition) is 1. The van der Waals surface area contributed by atoms with Crippen LogP contribution in [0.2, 0.25) is 0 Å². The first-order chi connectivity index (χ1) is 14.0. The minimum absolute atomic E-state index is 0.0972. The second-order valence-electron chi connectivity index (χ2n) is 6.90. The van der Waals surface area contributed by atoms with Gasteiger partial charge in [-0.05, 0) is 18.6 Å². The first-order valence-electron chi connectivity index (χ1n) is 9.72. The summed E-state index contributed by atoms with van der Waals surface area (Å²) in [5.74, 6) is -0.269. The van der Waals surface area contributed by atoms with Crippen LogP contribution in [0.1, 0.15) is 19.8 Å². The van der Waals surface area contributed by atoms with Gasteiger partial charge in [0.05, 0.1) is 17.8 Å². The Labute approximate surface area is 172 Å². The van der Waals surface area contributed by atoms with E-state index in [9.17, 15) is 14.2 Å². The van der Waals surface area contributed by atoms with Crippen molar-refractivity contribution in [3.05, 3.63) is 84.9 Å². The summed E-state index contributed by atoms with van der Waals surface area (Å²) in [4.78, 5) is 0. The Balaban J connectivity index is 2.13. The Morgan fingerprint density at radius 1 is 0.793 bits per heavy atom. The lowest BCUT2D eigenvalue weighted by molar-refractivity contribution is 0.314. The third-order valence-electron chi connectivity index (χ3n) is 4.78. The van der Waals surface area contributed by atoms with Crippen molar-refractivity contribution >= 4 is 30.4 Å². The zero-order valence-electron chi connectivity index (χ0n) is 16.5. The van der Waals surface area contributed by atoms with Crippen LogP contribution in [-0.2, 0) is 13.7 Å². The van der Waals surface area contributed by atoms with Crippen LogP contribution in [0.5, 0.6) is 5.75 Å². The lowest BCUT2D eigenvalue weighted by Crippen LogP contribution is -2.22. The van der Waals surface area contributed by atoms with Gasteiger partial charge in [0.25, 0.3) is 0 Å². The highest BCUT2D eigenvalue weighted by molar-refractivity contribution is 7.89. The molecule has 0 aliphatic heterocycles. The summed E-state index contributed by atoms with van der Waals surface area (Å²) in [5, 5.41) is 11.9. The number of rotatable bonds is 9. The van der Waals surface area contributed by atoms with Gasteiger partial charge in [0, 0.05) is 10.6 Å². The van der Waals surface area contributed by atoms with Crippen LogP contribution in [0, 0.1) is 0 Å². The molecule has 3 aromatic carbocycles. The van der Waals surface area contributed by atoms with E-state index in [-0.39, 0.29) is 23.6 Å². The molecule has 0 bridgehead atoms. The van der Waals surface area contributed by atoms with E-state index in [0.717, 1.165) is 12.8 Å². The highest BCUT2D eigenvalue weighted by atomic mass is 31.2. The van der Waals surface area contributed by atoms with Gasteiger partial charge in [-0.25, -0.2) is 0 Å². The summed E-state index contributed by atoms with van der Waals surface area (Å²) in [6.45, 7) is 2.30. The van der Waals surface area contributed by atoms with E-state index in [1.807, 2.05) is 43.3 Å². The summed E-state index contributed by atoms with van der Waals surface area (Å²) in [6.07, 6.45) is 1.62. The van der Waals surface area contributed by atoms with E-state index in [0.29, 0.717) is 10.6 Å². The molecule has 3 rings (SSSR count). The zero-order valence-corrected chi connectivity index (χ0v) is 18.3. The van der Waals surface area contributed by atoms with Crippen LogP contribution in [0.25, 0.3) is 0 Å². The Morgan fingerprint density at radius 2 is 1.31 bits per heavy atom. The van der Waals surface area contributed by atoms with Crippen molar-refractivity contribution in [3.63, 3.8) is 0 Å². The fourth-order valence-electron chi connectivity index (χ4n) is 3.21. The molecule has 1 atom stereocenters. The molecule has 0 amide bonds. The predicted octanol–water partition coefficient (Wildman–Crippen LogP) is 5.08. The third-order valence-corrected chi connectivity index (χ3v) is 11.8. The first kappa shape index (κ1) is 21.6. The van der Waals surface area contributed by atoms with Crippen LogP contribution in [-0.4, -0.2) is 17.6 Å². The average molecular weight is 428 g/mol. The molecule has 0 radical (unpaired) electrons. The van der Waals surface area contributed by atoms with Crippen LogP contribution in [0.3, 0.4) is 0 Å². The topological polar surface area (TPSA) is 63.6 Å². The molecule has 0 spiro atoms. The largest absolute Gasteiger partial charge is 0.507 e. The molecule has 0 saturated heterocycles. The van der Waals surface area contributed by atoms with Crippen molar-refractivity contribution in [1.29, 1.82) is 0 Å². The second kappa shape index (κ2) is 9.59. The zero-order chi connectivity index (χ0) is 20.7. The summed E-state index contributed by atoms with van der Waals surface area (Å²) in [7, 11) is -6.88. The molecule has 0 aromatic heterocycles. The third kappa shape index (κ3) is 4.90. The lowest BCUT2D eigenvalue weighted by atomic mass is 10.3. The predicted molar refractivity (Wildman–Crippen MR) is 121 cm³/mol. The Kier molecular flexibility index (Phi) is 7.14. The van der Waals surface area contributed by atoms with Gasteiger partial charge in [-0.3, -0.25) is 4.57 Å². The number of benzene rings is 3. The van der Waals surface area contributed by atoms with Gasteiger partial charge in [-0.15, -0.1) is 0 Å². The van der Waals surface area contributed by atoms with Crippen molar-refractivity contribution < 1.29 is 18.8 Å². The maximum Gasteiger partial charge on any atom is 0.243 e. The highest BCUT2D eigenvalue weighted by Gasteiger charge is 2.40. The highest BCUT2D eigenvalue weighted by Crippen LogP contribution is 2.61. The van der Waals surface area contributed by atoms with E-state index in [1.165, 1.54) is 6.07 Å². The van der Waals surface area contributed by atoms with Crippen molar-refractivity contribution in [1.82, 2.24) is 0 Å². The Morgan fingerprint density at radius 3 is 1.83 bits per heavy atom. The maximum atomic E-state index is 14.4. The molecule has 3 aromatic rings. The molecule has 0 heterocycles. The summed E-state index contributed by atoms with van der Waals surface area (Å²) >= 11 is 0. The normalized spacial score (nSPS) is 13.7. The molecule has 6 heteroatoms. The monoisotopic (exact) mass is 428 g/mol. The van der Waals surface area contributed by atoms with Gasteiger partial charge in [0.15, 0.2) is 7.14 Å². The molecule has 29 heavy (non-hydrogen) atoms. The fraction of sp³-hybridized carbons (Fsp3) is 0.217. The second-order valence-corrected chi connectivity index (χ2v) is 12.6. The molecular formula is C23H26O4P2. The molecule has 1 N–H and O–H groups in total. The molecule has 0 aliphatic rings. The van der Waals surface area contributed by atoms with Gasteiger partial charge in [-0.2, -0.15) is 0 Å². The Bertz CT molecular complexity index is 976. The number of phenols is 1. The maximum absolute atomic E-state index is 14.4. The van der Waals surface area contributed by atoms with Crippen LogP contribution < -0.4 is 15.9 Å². The van der Waals surface area contributed by atoms with E-state index in [1.54, 1.807) is 42.5 Å². The number of unbranched alkanes of at least 4 members (excludes halogenated alkanes) is 1. The molecule has 4 nitrogen and oxygen atoms in total. The lowest BCUT2D eigenvalue weighted by Gasteiger charge is -2.26. The quantitative estimate of drug-likeness (QED) is 0.381. The van der Waals surface area contributed by atoms with E-state index in [2.05, 4.69) is 0 Å². The number of aromatic hydroxyl groups is 1. The minimum Gasteiger partial charge on any atom is -0.507 e. The Hall–Kier alpha value is -2.12. The van der Waals surface area contributed by atoms with Gasteiger partial charge < -0.3 is 14.2 Å². The summed E-state index contributed by atoms with van der Waals surface area (Å²) in [6, 6.07) is 24.7. The fourth-order valence-corrected chi connectivity index (χ4v) is 10.5. The first-order valence-corrected chi connectivity index (χ1v) is 13.4. The average Bonchev–Trinajstić information content (AvgIpc) is 2.75. The van der Waals surface area contributed by atoms with Gasteiger partial charge in [0.1, 0.15) is 5.75 Å². The SMILES string of the molecule is CCCCO[P@@](=O)(CP(=O)(c1ccccc1)c1ccccc1)c1ccccc1O. The molecule has 152 valence electrons. The summed E-state index contributed by atoms with van der Waals surface area (Å²) < 4.78 is 34.4. The number of hydrogen-bond acceptors (Lipinski definition) is 4. The molecule has 0 unspecified atom stereocenters. The number of para-hydroxylation sites is 1. The van der Waals surface area contributed by atoms with Crippen LogP contribution in [0.15, 0.2) is 84.9 Å². The van der Waals surface area contributed by atoms with Crippen molar-refractivity contribution in [3.8, 4) is 5.75 Å². The number of phenolic OH excluding ortho intramolecular Hbond substituents is 1.